The number of thioether (sulfide) groups is 1. The van der Waals surface area contributed by atoms with Crippen LogP contribution in [0.4, 0.5) is 11.4 Å². The van der Waals surface area contributed by atoms with Crippen molar-refractivity contribution < 1.29 is 23.9 Å². The van der Waals surface area contributed by atoms with Gasteiger partial charge in [-0.2, -0.15) is 0 Å². The third kappa shape index (κ3) is 6.89. The summed E-state index contributed by atoms with van der Waals surface area (Å²) in [5.74, 6) is -0.271. The standard InChI is InChI=1S/C29H27N3O5S/c1-3-32-27(34)25(38-29(32)31-23-12-8-9-21(18-23)28(35)36-4-2)17-20-13-15-24(16-14-20)37-19-26(33)30-22-10-6-5-7-11-22/h5-18H,3-4,19H2,1-2H3,(H,30,33). The normalized spacial score (nSPS) is 15.1. The van der Waals surface area contributed by atoms with Crippen LogP contribution in [-0.4, -0.2) is 47.6 Å². The smallest absolute Gasteiger partial charge is 0.338 e. The summed E-state index contributed by atoms with van der Waals surface area (Å²) in [6.07, 6.45) is 1.79. The van der Waals surface area contributed by atoms with Crippen LogP contribution in [0.15, 0.2) is 88.8 Å². The molecule has 4 rings (SSSR count). The molecule has 3 aromatic rings. The van der Waals surface area contributed by atoms with E-state index >= 15 is 0 Å². The number of amides is 2. The Labute approximate surface area is 225 Å². The molecule has 1 heterocycles. The number of benzene rings is 3. The summed E-state index contributed by atoms with van der Waals surface area (Å²) in [7, 11) is 0. The number of esters is 1. The van der Waals surface area contributed by atoms with Gasteiger partial charge in [0.15, 0.2) is 11.8 Å². The van der Waals surface area contributed by atoms with E-state index in [1.54, 1.807) is 66.4 Å². The van der Waals surface area contributed by atoms with Gasteiger partial charge in [0.2, 0.25) is 0 Å². The molecule has 1 N–H and O–H groups in total. The van der Waals surface area contributed by atoms with E-state index in [1.165, 1.54) is 11.8 Å². The Morgan fingerprint density at radius 2 is 1.76 bits per heavy atom. The Morgan fingerprint density at radius 1 is 1.00 bits per heavy atom. The Morgan fingerprint density at radius 3 is 2.47 bits per heavy atom. The zero-order chi connectivity index (χ0) is 26.9. The molecule has 0 aromatic heterocycles. The average Bonchev–Trinajstić information content (AvgIpc) is 3.22. The van der Waals surface area contributed by atoms with Gasteiger partial charge in [-0.25, -0.2) is 9.79 Å². The van der Waals surface area contributed by atoms with Gasteiger partial charge in [-0.1, -0.05) is 36.4 Å². The van der Waals surface area contributed by atoms with Crippen LogP contribution in [0.2, 0.25) is 0 Å². The third-order valence-corrected chi connectivity index (χ3v) is 6.40. The molecule has 0 aliphatic carbocycles. The maximum absolute atomic E-state index is 13.0. The van der Waals surface area contributed by atoms with Crippen LogP contribution in [0, 0.1) is 0 Å². The summed E-state index contributed by atoms with van der Waals surface area (Å²) in [5.41, 5.74) is 2.48. The summed E-state index contributed by atoms with van der Waals surface area (Å²) in [6, 6.07) is 23.1. The third-order valence-electron chi connectivity index (χ3n) is 5.39. The second-order valence-corrected chi connectivity index (χ2v) is 9.11. The van der Waals surface area contributed by atoms with Gasteiger partial charge in [-0.3, -0.25) is 14.5 Å². The summed E-state index contributed by atoms with van der Waals surface area (Å²) < 4.78 is 10.6. The summed E-state index contributed by atoms with van der Waals surface area (Å²) in [6.45, 7) is 4.26. The van der Waals surface area contributed by atoms with Crippen LogP contribution in [0.25, 0.3) is 6.08 Å². The van der Waals surface area contributed by atoms with Gasteiger partial charge < -0.3 is 14.8 Å². The maximum Gasteiger partial charge on any atom is 0.338 e. The Balaban J connectivity index is 1.42. The van der Waals surface area contributed by atoms with Crippen molar-refractivity contribution in [3.8, 4) is 5.75 Å². The number of carbonyl (C=O) groups is 3. The lowest BCUT2D eigenvalue weighted by Crippen LogP contribution is -2.28. The monoisotopic (exact) mass is 529 g/mol. The van der Waals surface area contributed by atoms with Crippen LogP contribution in [-0.2, 0) is 14.3 Å². The number of likely N-dealkylation sites (N-methyl/N-ethyl adjacent to an activating group) is 1. The van der Waals surface area contributed by atoms with Crippen LogP contribution < -0.4 is 10.1 Å². The molecular weight excluding hydrogens is 502 g/mol. The molecule has 9 heteroatoms. The SMILES string of the molecule is CCOC(=O)c1cccc(N=C2SC(=Cc3ccc(OCC(=O)Nc4ccccc4)cc3)C(=O)N2CC)c1. The number of anilines is 1. The fraction of sp³-hybridized carbons (Fsp3) is 0.172. The lowest BCUT2D eigenvalue weighted by atomic mass is 10.2. The lowest BCUT2D eigenvalue weighted by Gasteiger charge is -2.12. The highest BCUT2D eigenvalue weighted by Crippen LogP contribution is 2.34. The average molecular weight is 530 g/mol. The van der Waals surface area contributed by atoms with Crippen molar-refractivity contribution in [1.82, 2.24) is 4.90 Å². The first-order chi connectivity index (χ1) is 18.5. The number of hydrogen-bond donors (Lipinski definition) is 1. The second-order valence-electron chi connectivity index (χ2n) is 8.10. The Kier molecular flexibility index (Phi) is 8.94. The zero-order valence-electron chi connectivity index (χ0n) is 21.0. The molecule has 1 aliphatic rings. The molecular formula is C29H27N3O5S. The lowest BCUT2D eigenvalue weighted by molar-refractivity contribution is -0.122. The molecule has 0 saturated carbocycles. The zero-order valence-corrected chi connectivity index (χ0v) is 21.9. The quantitative estimate of drug-likeness (QED) is 0.290. The van der Waals surface area contributed by atoms with Gasteiger partial charge in [0.05, 0.1) is 22.8 Å². The number of hydrogen-bond acceptors (Lipinski definition) is 7. The number of carbonyl (C=O) groups excluding carboxylic acids is 3. The summed E-state index contributed by atoms with van der Waals surface area (Å²) in [5, 5.41) is 3.31. The predicted octanol–water partition coefficient (Wildman–Crippen LogP) is 5.50. The number of ether oxygens (including phenoxy) is 2. The molecule has 2 amide bonds. The molecule has 0 bridgehead atoms. The van der Waals surface area contributed by atoms with E-state index in [4.69, 9.17) is 9.47 Å². The van der Waals surface area contributed by atoms with Crippen molar-refractivity contribution in [1.29, 1.82) is 0 Å². The van der Waals surface area contributed by atoms with Gasteiger partial charge in [0, 0.05) is 12.2 Å². The molecule has 3 aromatic carbocycles. The molecule has 8 nitrogen and oxygen atoms in total. The molecule has 0 unspecified atom stereocenters. The number of rotatable bonds is 9. The van der Waals surface area contributed by atoms with Crippen LogP contribution in [0.3, 0.4) is 0 Å². The van der Waals surface area contributed by atoms with Crippen molar-refractivity contribution in [2.24, 2.45) is 4.99 Å². The largest absolute Gasteiger partial charge is 0.484 e. The maximum atomic E-state index is 13.0. The molecule has 1 aliphatic heterocycles. The number of amidine groups is 1. The van der Waals surface area contributed by atoms with Crippen molar-refractivity contribution >= 4 is 52.2 Å². The molecule has 0 atom stereocenters. The second kappa shape index (κ2) is 12.7. The fourth-order valence-corrected chi connectivity index (χ4v) is 4.64. The topological polar surface area (TPSA) is 97.3 Å². The van der Waals surface area contributed by atoms with E-state index < -0.39 is 5.97 Å². The minimum Gasteiger partial charge on any atom is -0.484 e. The molecule has 1 saturated heterocycles. The fourth-order valence-electron chi connectivity index (χ4n) is 3.58. The van der Waals surface area contributed by atoms with E-state index in [-0.39, 0.29) is 25.0 Å². The van der Waals surface area contributed by atoms with Gasteiger partial charge in [-0.05, 0) is 79.7 Å². The molecule has 0 radical (unpaired) electrons. The van der Waals surface area contributed by atoms with Gasteiger partial charge in [0.25, 0.3) is 11.8 Å². The Bertz CT molecular complexity index is 1370. The number of nitrogens with zero attached hydrogens (tertiary/aromatic N) is 2. The van der Waals surface area contributed by atoms with Crippen LogP contribution >= 0.6 is 11.8 Å². The van der Waals surface area contributed by atoms with Crippen LogP contribution in [0.1, 0.15) is 29.8 Å². The van der Waals surface area contributed by atoms with Gasteiger partial charge >= 0.3 is 5.97 Å². The minimum absolute atomic E-state index is 0.119. The van der Waals surface area contributed by atoms with E-state index in [0.29, 0.717) is 39.3 Å². The van der Waals surface area contributed by atoms with Crippen molar-refractivity contribution in [2.75, 3.05) is 25.1 Å². The van der Waals surface area contributed by atoms with E-state index in [1.807, 2.05) is 37.3 Å². The highest BCUT2D eigenvalue weighted by atomic mass is 32.2. The first-order valence-corrected chi connectivity index (χ1v) is 12.9. The van der Waals surface area contributed by atoms with E-state index in [0.717, 1.165) is 5.56 Å². The summed E-state index contributed by atoms with van der Waals surface area (Å²) >= 11 is 1.27. The Hall–Kier alpha value is -4.37. The highest BCUT2D eigenvalue weighted by molar-refractivity contribution is 8.18. The molecule has 38 heavy (non-hydrogen) atoms. The first kappa shape index (κ1) is 26.7. The number of aliphatic imine (C=N–C) groups is 1. The summed E-state index contributed by atoms with van der Waals surface area (Å²) in [4.78, 5) is 43.9. The van der Waals surface area contributed by atoms with Crippen molar-refractivity contribution in [3.05, 3.63) is 94.9 Å². The van der Waals surface area contributed by atoms with E-state index in [9.17, 15) is 14.4 Å². The molecule has 0 spiro atoms. The van der Waals surface area contributed by atoms with Gasteiger partial charge in [0.1, 0.15) is 5.75 Å². The highest BCUT2D eigenvalue weighted by Gasteiger charge is 2.32. The van der Waals surface area contributed by atoms with Crippen molar-refractivity contribution in [3.63, 3.8) is 0 Å². The minimum atomic E-state index is -0.415. The van der Waals surface area contributed by atoms with Crippen molar-refractivity contribution in [2.45, 2.75) is 13.8 Å². The number of nitrogens with one attached hydrogen (secondary N) is 1. The van der Waals surface area contributed by atoms with Crippen LogP contribution in [0.5, 0.6) is 5.75 Å². The van der Waals surface area contributed by atoms with Gasteiger partial charge in [-0.15, -0.1) is 0 Å². The predicted molar refractivity (Wildman–Crippen MR) is 149 cm³/mol. The molecule has 194 valence electrons. The number of para-hydroxylation sites is 1. The molecule has 1 fully saturated rings. The first-order valence-electron chi connectivity index (χ1n) is 12.1. The van der Waals surface area contributed by atoms with E-state index in [2.05, 4.69) is 10.3 Å².